The van der Waals surface area contributed by atoms with Crippen LogP contribution in [0.25, 0.3) is 0 Å². The average molecular weight is 404 g/mol. The van der Waals surface area contributed by atoms with Crippen LogP contribution in [0.15, 0.2) is 29.3 Å². The van der Waals surface area contributed by atoms with E-state index in [0.717, 1.165) is 51.5 Å². The third kappa shape index (κ3) is 9.17. The summed E-state index contributed by atoms with van der Waals surface area (Å²) >= 11 is 0. The van der Waals surface area contributed by atoms with Crippen molar-refractivity contribution in [2.24, 2.45) is 4.99 Å². The number of aliphatic imine (C=N–C) groups is 1. The van der Waals surface area contributed by atoms with E-state index >= 15 is 0 Å². The van der Waals surface area contributed by atoms with E-state index in [-0.39, 0.29) is 0 Å². The fourth-order valence-electron chi connectivity index (χ4n) is 3.23. The van der Waals surface area contributed by atoms with Crippen LogP contribution in [0, 0.1) is 0 Å². The number of rotatable bonds is 8. The van der Waals surface area contributed by atoms with Crippen LogP contribution < -0.4 is 16.0 Å². The van der Waals surface area contributed by atoms with Gasteiger partial charge in [0.25, 0.3) is 0 Å². The number of guanidine groups is 1. The number of nitrogens with one attached hydrogen (secondary N) is 3. The third-order valence-corrected chi connectivity index (χ3v) is 4.54. The molecule has 0 unspecified atom stereocenters. The molecule has 0 radical (unpaired) electrons. The molecule has 0 bridgehead atoms. The summed E-state index contributed by atoms with van der Waals surface area (Å²) in [5, 5.41) is 9.23. The van der Waals surface area contributed by atoms with Crippen molar-refractivity contribution < 1.29 is 9.53 Å². The molecule has 3 N–H and O–H groups in total. The second-order valence-electron chi connectivity index (χ2n) is 8.26. The number of nitrogens with zero attached hydrogens (tertiary/aromatic N) is 2. The highest BCUT2D eigenvalue weighted by atomic mass is 16.6. The number of carbonyl (C=O) groups is 1. The van der Waals surface area contributed by atoms with E-state index < -0.39 is 11.7 Å². The largest absolute Gasteiger partial charge is 0.444 e. The second kappa shape index (κ2) is 11.7. The Morgan fingerprint density at radius 2 is 1.86 bits per heavy atom. The second-order valence-corrected chi connectivity index (χ2v) is 8.26. The van der Waals surface area contributed by atoms with Gasteiger partial charge in [-0.3, -0.25) is 9.89 Å². The van der Waals surface area contributed by atoms with Crippen molar-refractivity contribution in [1.82, 2.24) is 20.9 Å². The van der Waals surface area contributed by atoms with Crippen LogP contribution in [-0.4, -0.2) is 61.8 Å². The molecule has 1 heterocycles. The summed E-state index contributed by atoms with van der Waals surface area (Å²) in [6.07, 6.45) is 1.76. The van der Waals surface area contributed by atoms with Gasteiger partial charge in [-0.25, -0.2) is 4.79 Å². The monoisotopic (exact) mass is 403 g/mol. The highest BCUT2D eigenvalue weighted by Crippen LogP contribution is 2.18. The van der Waals surface area contributed by atoms with Crippen LogP contribution in [-0.2, 0) is 17.7 Å². The van der Waals surface area contributed by atoms with Gasteiger partial charge in [-0.05, 0) is 51.7 Å². The first-order chi connectivity index (χ1) is 13.9. The summed E-state index contributed by atoms with van der Waals surface area (Å²) < 4.78 is 5.22. The molecule has 0 aromatic heterocycles. The molecule has 162 valence electrons. The highest BCUT2D eigenvalue weighted by Gasteiger charge is 2.16. The molecular formula is C22H37N5O2. The van der Waals surface area contributed by atoms with Gasteiger partial charge in [0.15, 0.2) is 5.96 Å². The van der Waals surface area contributed by atoms with E-state index in [1.54, 1.807) is 0 Å². The molecule has 0 saturated carbocycles. The topological polar surface area (TPSA) is 78.0 Å². The summed E-state index contributed by atoms with van der Waals surface area (Å²) in [6.45, 7) is 13.4. The quantitative estimate of drug-likeness (QED) is 0.353. The van der Waals surface area contributed by atoms with Crippen LogP contribution in [0.3, 0.4) is 0 Å². The van der Waals surface area contributed by atoms with Crippen molar-refractivity contribution in [1.29, 1.82) is 0 Å². The summed E-state index contributed by atoms with van der Waals surface area (Å²) in [6, 6.07) is 8.72. The minimum Gasteiger partial charge on any atom is -0.444 e. The Labute approximate surface area is 175 Å². The Morgan fingerprint density at radius 1 is 1.14 bits per heavy atom. The molecular weight excluding hydrogens is 366 g/mol. The van der Waals surface area contributed by atoms with E-state index in [4.69, 9.17) is 4.74 Å². The maximum absolute atomic E-state index is 11.7. The first-order valence-electron chi connectivity index (χ1n) is 10.7. The molecule has 1 aromatic carbocycles. The van der Waals surface area contributed by atoms with E-state index in [2.05, 4.69) is 50.1 Å². The van der Waals surface area contributed by atoms with Crippen LogP contribution in [0.4, 0.5) is 4.79 Å². The molecule has 0 fully saturated rings. The predicted octanol–water partition coefficient (Wildman–Crippen LogP) is 2.51. The molecule has 2 rings (SSSR count). The number of hydrogen-bond acceptors (Lipinski definition) is 4. The number of amides is 1. The molecule has 1 aliphatic heterocycles. The van der Waals surface area contributed by atoms with E-state index in [9.17, 15) is 4.79 Å². The van der Waals surface area contributed by atoms with Gasteiger partial charge in [0.05, 0.1) is 0 Å². The lowest BCUT2D eigenvalue weighted by Crippen LogP contribution is -2.42. The lowest BCUT2D eigenvalue weighted by Gasteiger charge is -2.28. The first-order valence-corrected chi connectivity index (χ1v) is 10.7. The Balaban J connectivity index is 1.65. The van der Waals surface area contributed by atoms with Gasteiger partial charge in [0.2, 0.25) is 0 Å². The molecule has 1 aliphatic rings. The molecule has 7 nitrogen and oxygen atoms in total. The predicted molar refractivity (Wildman–Crippen MR) is 118 cm³/mol. The molecule has 29 heavy (non-hydrogen) atoms. The van der Waals surface area contributed by atoms with Gasteiger partial charge < -0.3 is 20.7 Å². The number of fused-ring (bicyclic) bond motifs is 1. The van der Waals surface area contributed by atoms with Crippen molar-refractivity contribution in [3.8, 4) is 0 Å². The zero-order chi connectivity index (χ0) is 21.1. The van der Waals surface area contributed by atoms with Crippen molar-refractivity contribution in [3.63, 3.8) is 0 Å². The molecule has 1 amide bonds. The summed E-state index contributed by atoms with van der Waals surface area (Å²) in [5.41, 5.74) is 2.46. The van der Waals surface area contributed by atoms with Crippen LogP contribution in [0.1, 0.15) is 45.2 Å². The van der Waals surface area contributed by atoms with E-state index in [1.165, 1.54) is 11.1 Å². The van der Waals surface area contributed by atoms with E-state index in [0.29, 0.717) is 13.1 Å². The lowest BCUT2D eigenvalue weighted by atomic mass is 10.00. The Morgan fingerprint density at radius 3 is 2.59 bits per heavy atom. The van der Waals surface area contributed by atoms with Crippen molar-refractivity contribution in [2.75, 3.05) is 39.3 Å². The Kier molecular flexibility index (Phi) is 9.25. The van der Waals surface area contributed by atoms with Gasteiger partial charge in [0.1, 0.15) is 5.60 Å². The summed E-state index contributed by atoms with van der Waals surface area (Å²) in [4.78, 5) is 18.8. The zero-order valence-electron chi connectivity index (χ0n) is 18.4. The molecule has 0 atom stereocenters. The van der Waals surface area contributed by atoms with Crippen LogP contribution in [0.2, 0.25) is 0 Å². The van der Waals surface area contributed by atoms with Crippen molar-refractivity contribution in [2.45, 2.75) is 52.7 Å². The average Bonchev–Trinajstić information content (AvgIpc) is 2.67. The van der Waals surface area contributed by atoms with Crippen molar-refractivity contribution in [3.05, 3.63) is 35.4 Å². The summed E-state index contributed by atoms with van der Waals surface area (Å²) in [7, 11) is 0. The fourth-order valence-corrected chi connectivity index (χ4v) is 3.23. The number of hydrogen-bond donors (Lipinski definition) is 3. The Bertz CT molecular complexity index is 669. The SMILES string of the molecule is CCNC(=NCCCN1CCc2ccccc2C1)NCCNC(=O)OC(C)(C)C. The number of alkyl carbamates (subject to hydrolysis) is 1. The lowest BCUT2D eigenvalue weighted by molar-refractivity contribution is 0.0529. The van der Waals surface area contributed by atoms with Crippen LogP contribution >= 0.6 is 0 Å². The minimum atomic E-state index is -0.482. The van der Waals surface area contributed by atoms with Gasteiger partial charge in [-0.2, -0.15) is 0 Å². The van der Waals surface area contributed by atoms with Gasteiger partial charge in [0, 0.05) is 45.8 Å². The molecule has 0 saturated heterocycles. The highest BCUT2D eigenvalue weighted by molar-refractivity contribution is 5.79. The molecule has 0 aliphatic carbocycles. The number of ether oxygens (including phenoxy) is 1. The third-order valence-electron chi connectivity index (χ3n) is 4.54. The fraction of sp³-hybridized carbons (Fsp3) is 0.636. The van der Waals surface area contributed by atoms with E-state index in [1.807, 2.05) is 27.7 Å². The smallest absolute Gasteiger partial charge is 0.407 e. The van der Waals surface area contributed by atoms with Crippen molar-refractivity contribution >= 4 is 12.1 Å². The standard InChI is InChI=1S/C22H37N5O2/c1-5-23-20(25-13-14-26-21(28)29-22(2,3)4)24-12-8-15-27-16-11-18-9-6-7-10-19(18)17-27/h6-7,9-10H,5,8,11-17H2,1-4H3,(H,26,28)(H2,23,24,25). The molecule has 0 spiro atoms. The maximum atomic E-state index is 11.7. The number of carbonyl (C=O) groups excluding carboxylic acids is 1. The maximum Gasteiger partial charge on any atom is 0.407 e. The Hall–Kier alpha value is -2.28. The van der Waals surface area contributed by atoms with Gasteiger partial charge in [-0.15, -0.1) is 0 Å². The minimum absolute atomic E-state index is 0.399. The molecule has 7 heteroatoms. The zero-order valence-corrected chi connectivity index (χ0v) is 18.4. The van der Waals surface area contributed by atoms with Crippen LogP contribution in [0.5, 0.6) is 0 Å². The number of benzene rings is 1. The van der Waals surface area contributed by atoms with Gasteiger partial charge in [-0.1, -0.05) is 24.3 Å². The molecule has 1 aromatic rings. The first kappa shape index (κ1) is 23.0. The normalized spacial score (nSPS) is 14.8. The van der Waals surface area contributed by atoms with Gasteiger partial charge >= 0.3 is 6.09 Å². The summed E-state index contributed by atoms with van der Waals surface area (Å²) in [5.74, 6) is 0.780.